The first-order valence-electron chi connectivity index (χ1n) is 5.97. The Morgan fingerprint density at radius 3 is 2.60 bits per heavy atom. The zero-order chi connectivity index (χ0) is 14.8. The first kappa shape index (κ1) is 15.2. The molecule has 1 atom stereocenters. The van der Waals surface area contributed by atoms with E-state index in [1.807, 2.05) is 31.2 Å². The molecule has 1 aromatic heterocycles. The van der Waals surface area contributed by atoms with Gasteiger partial charge in [0.2, 0.25) is 5.09 Å². The van der Waals surface area contributed by atoms with Gasteiger partial charge in [0, 0.05) is 10.5 Å². The Morgan fingerprint density at radius 2 is 2.00 bits per heavy atom. The second-order valence-corrected chi connectivity index (χ2v) is 6.74. The van der Waals surface area contributed by atoms with Gasteiger partial charge >= 0.3 is 0 Å². The topological polar surface area (TPSA) is 85.3 Å². The smallest absolute Gasteiger partial charge is 0.271 e. The maximum Gasteiger partial charge on any atom is 0.271 e. The molecule has 108 valence electrons. The number of hydrogen-bond acceptors (Lipinski definition) is 4. The first-order chi connectivity index (χ1) is 9.38. The summed E-state index contributed by atoms with van der Waals surface area (Å²) in [5, 5.41) is 8.03. The van der Waals surface area contributed by atoms with Crippen molar-refractivity contribution in [3.8, 4) is 0 Å². The number of nitrogens with one attached hydrogen (secondary N) is 1. The van der Waals surface area contributed by atoms with Gasteiger partial charge in [-0.1, -0.05) is 34.1 Å². The van der Waals surface area contributed by atoms with E-state index >= 15 is 0 Å². The zero-order valence-corrected chi connectivity index (χ0v) is 13.2. The van der Waals surface area contributed by atoms with Gasteiger partial charge in [0.05, 0.1) is 6.54 Å². The summed E-state index contributed by atoms with van der Waals surface area (Å²) in [6.07, 6.45) is 0. The van der Waals surface area contributed by atoms with Crippen LogP contribution in [0.5, 0.6) is 0 Å². The molecule has 5 nitrogen and oxygen atoms in total. The third-order valence-corrected chi connectivity index (χ3v) is 4.37. The molecule has 3 N–H and O–H groups in total. The van der Waals surface area contributed by atoms with Crippen molar-refractivity contribution < 1.29 is 12.8 Å². The number of furan rings is 1. The van der Waals surface area contributed by atoms with Crippen LogP contribution in [0, 0.1) is 0 Å². The number of hydrogen-bond donors (Lipinski definition) is 2. The largest absolute Gasteiger partial charge is 0.447 e. The van der Waals surface area contributed by atoms with Gasteiger partial charge in [-0.3, -0.25) is 0 Å². The minimum Gasteiger partial charge on any atom is -0.447 e. The van der Waals surface area contributed by atoms with Gasteiger partial charge in [0.1, 0.15) is 5.76 Å². The van der Waals surface area contributed by atoms with E-state index in [1.165, 1.54) is 6.07 Å². The van der Waals surface area contributed by atoms with Gasteiger partial charge in [0.25, 0.3) is 10.0 Å². The molecule has 0 fully saturated rings. The predicted molar refractivity (Wildman–Crippen MR) is 79.5 cm³/mol. The van der Waals surface area contributed by atoms with E-state index in [-0.39, 0.29) is 11.1 Å². The van der Waals surface area contributed by atoms with Gasteiger partial charge in [-0.15, -0.1) is 0 Å². The Morgan fingerprint density at radius 1 is 1.30 bits per heavy atom. The SMILES string of the molecule is C[C@@H](NCc1ccc(S(N)(=O)=O)o1)c1ccccc1Br. The van der Waals surface area contributed by atoms with Crippen LogP contribution in [0.3, 0.4) is 0 Å². The third kappa shape index (κ3) is 3.69. The summed E-state index contributed by atoms with van der Waals surface area (Å²) >= 11 is 3.49. The number of rotatable bonds is 5. The summed E-state index contributed by atoms with van der Waals surface area (Å²) in [4.78, 5) is 0. The van der Waals surface area contributed by atoms with Crippen LogP contribution in [0.1, 0.15) is 24.3 Å². The molecule has 0 aliphatic rings. The lowest BCUT2D eigenvalue weighted by Crippen LogP contribution is -2.18. The molecule has 1 aromatic carbocycles. The van der Waals surface area contributed by atoms with Crippen LogP contribution in [0.2, 0.25) is 0 Å². The highest BCUT2D eigenvalue weighted by Gasteiger charge is 2.14. The molecule has 0 aliphatic heterocycles. The van der Waals surface area contributed by atoms with Gasteiger partial charge in [-0.05, 0) is 30.7 Å². The van der Waals surface area contributed by atoms with Crippen molar-refractivity contribution in [2.45, 2.75) is 24.6 Å². The fourth-order valence-corrected chi connectivity index (χ4v) is 2.91. The Bertz CT molecular complexity index is 697. The van der Waals surface area contributed by atoms with E-state index in [4.69, 9.17) is 9.56 Å². The van der Waals surface area contributed by atoms with Crippen molar-refractivity contribution in [2.24, 2.45) is 5.14 Å². The van der Waals surface area contributed by atoms with Crippen LogP contribution in [0.4, 0.5) is 0 Å². The molecule has 2 rings (SSSR count). The molecule has 0 saturated heterocycles. The fourth-order valence-electron chi connectivity index (χ4n) is 1.80. The standard InChI is InChI=1S/C13H15BrN2O3S/c1-9(11-4-2-3-5-12(11)14)16-8-10-6-7-13(19-10)20(15,17)18/h2-7,9,16H,8H2,1H3,(H2,15,17,18)/t9-/m1/s1. The lowest BCUT2D eigenvalue weighted by atomic mass is 10.1. The Hall–Kier alpha value is -1.15. The molecule has 0 spiro atoms. The maximum atomic E-state index is 11.1. The van der Waals surface area contributed by atoms with Crippen LogP contribution in [-0.4, -0.2) is 8.42 Å². The summed E-state index contributed by atoms with van der Waals surface area (Å²) in [5.74, 6) is 0.521. The van der Waals surface area contributed by atoms with Gasteiger partial charge in [0.15, 0.2) is 0 Å². The molecule has 0 bridgehead atoms. The first-order valence-corrected chi connectivity index (χ1v) is 8.31. The van der Waals surface area contributed by atoms with Crippen molar-refractivity contribution >= 4 is 26.0 Å². The van der Waals surface area contributed by atoms with Crippen molar-refractivity contribution in [2.75, 3.05) is 0 Å². The highest BCUT2D eigenvalue weighted by Crippen LogP contribution is 2.23. The molecule has 20 heavy (non-hydrogen) atoms. The minimum absolute atomic E-state index is 0.0913. The van der Waals surface area contributed by atoms with Gasteiger partial charge < -0.3 is 9.73 Å². The van der Waals surface area contributed by atoms with Crippen LogP contribution in [0.15, 0.2) is 50.4 Å². The summed E-state index contributed by atoms with van der Waals surface area (Å²) < 4.78 is 28.4. The zero-order valence-electron chi connectivity index (χ0n) is 10.8. The molecule has 0 amide bonds. The predicted octanol–water partition coefficient (Wildman–Crippen LogP) is 2.54. The fraction of sp³-hybridized carbons (Fsp3) is 0.231. The summed E-state index contributed by atoms with van der Waals surface area (Å²) in [6, 6.07) is 10.9. The van der Waals surface area contributed by atoms with Crippen LogP contribution >= 0.6 is 15.9 Å². The number of nitrogens with two attached hydrogens (primary N) is 1. The number of sulfonamides is 1. The Balaban J connectivity index is 2.02. The van der Waals surface area contributed by atoms with Crippen LogP contribution < -0.4 is 10.5 Å². The Labute approximate surface area is 126 Å². The van der Waals surface area contributed by atoms with E-state index in [9.17, 15) is 8.42 Å². The van der Waals surface area contributed by atoms with Crippen molar-refractivity contribution in [3.05, 3.63) is 52.2 Å². The third-order valence-electron chi connectivity index (χ3n) is 2.87. The molecule has 7 heteroatoms. The molecule has 0 unspecified atom stereocenters. The van der Waals surface area contributed by atoms with Crippen molar-refractivity contribution in [1.82, 2.24) is 5.32 Å². The quantitative estimate of drug-likeness (QED) is 0.859. The van der Waals surface area contributed by atoms with E-state index in [2.05, 4.69) is 21.2 Å². The minimum atomic E-state index is -3.78. The number of primary sulfonamides is 1. The van der Waals surface area contributed by atoms with E-state index in [0.717, 1.165) is 10.0 Å². The molecule has 0 aliphatic carbocycles. The van der Waals surface area contributed by atoms with Crippen LogP contribution in [-0.2, 0) is 16.6 Å². The molecular formula is C13H15BrN2O3S. The average Bonchev–Trinajstić information content (AvgIpc) is 2.85. The van der Waals surface area contributed by atoms with E-state index < -0.39 is 10.0 Å². The summed E-state index contributed by atoms with van der Waals surface area (Å²) in [7, 11) is -3.78. The maximum absolute atomic E-state index is 11.1. The number of benzene rings is 1. The molecule has 0 saturated carbocycles. The second kappa shape index (κ2) is 6.09. The van der Waals surface area contributed by atoms with Crippen molar-refractivity contribution in [3.63, 3.8) is 0 Å². The van der Waals surface area contributed by atoms with Gasteiger partial charge in [-0.2, -0.15) is 0 Å². The average molecular weight is 359 g/mol. The molecule has 2 aromatic rings. The Kier molecular flexibility index (Phi) is 4.64. The number of halogens is 1. The molecular weight excluding hydrogens is 344 g/mol. The van der Waals surface area contributed by atoms with Crippen LogP contribution in [0.25, 0.3) is 0 Å². The normalized spacial score (nSPS) is 13.3. The highest BCUT2D eigenvalue weighted by atomic mass is 79.9. The van der Waals surface area contributed by atoms with Gasteiger partial charge in [-0.25, -0.2) is 13.6 Å². The molecule has 0 radical (unpaired) electrons. The summed E-state index contributed by atoms with van der Waals surface area (Å²) in [5.41, 5.74) is 1.12. The molecule has 1 heterocycles. The highest BCUT2D eigenvalue weighted by molar-refractivity contribution is 9.10. The monoisotopic (exact) mass is 358 g/mol. The lowest BCUT2D eigenvalue weighted by Gasteiger charge is -2.14. The summed E-state index contributed by atoms with van der Waals surface area (Å²) in [6.45, 7) is 2.43. The second-order valence-electron chi connectivity index (χ2n) is 4.39. The van der Waals surface area contributed by atoms with E-state index in [1.54, 1.807) is 6.07 Å². The van der Waals surface area contributed by atoms with E-state index in [0.29, 0.717) is 12.3 Å². The van der Waals surface area contributed by atoms with Crippen molar-refractivity contribution in [1.29, 1.82) is 0 Å². The lowest BCUT2D eigenvalue weighted by molar-refractivity contribution is 0.393.